The Hall–Kier alpha value is -2.67. The predicted octanol–water partition coefficient (Wildman–Crippen LogP) is 3.66. The number of nitrogens with zero attached hydrogens (tertiary/aromatic N) is 3. The zero-order chi connectivity index (χ0) is 17.8. The highest BCUT2D eigenvalue weighted by Gasteiger charge is 2.10. The standard InChI is InChI=1S/C18H17FN4OS/c1-12-3-7-14(8-4-12)20-18-22-21-16(17(24)23(18)2)11-25-15-9-5-13(19)6-10-15/h3-10H,11H2,1-2H3,(H,20,22). The zero-order valence-corrected chi connectivity index (χ0v) is 14.7. The fourth-order valence-corrected chi connectivity index (χ4v) is 2.97. The SMILES string of the molecule is Cc1ccc(Nc2nnc(CSc3ccc(F)cc3)c(=O)n2C)cc1. The van der Waals surface area contributed by atoms with Crippen LogP contribution in [0, 0.1) is 12.7 Å². The molecular formula is C18H17FN4OS. The van der Waals surface area contributed by atoms with Crippen LogP contribution in [0.5, 0.6) is 0 Å². The third-order valence-corrected chi connectivity index (χ3v) is 4.65. The molecule has 3 rings (SSSR count). The number of hydrogen-bond donors (Lipinski definition) is 1. The van der Waals surface area contributed by atoms with Crippen molar-refractivity contribution in [1.82, 2.24) is 14.8 Å². The van der Waals surface area contributed by atoms with Crippen molar-refractivity contribution in [3.8, 4) is 0 Å². The minimum Gasteiger partial charge on any atom is -0.324 e. The second-order valence-electron chi connectivity index (χ2n) is 5.57. The summed E-state index contributed by atoms with van der Waals surface area (Å²) in [5.41, 5.74) is 2.13. The number of rotatable bonds is 5. The molecule has 0 fully saturated rings. The van der Waals surface area contributed by atoms with Crippen LogP contribution in [0.25, 0.3) is 0 Å². The van der Waals surface area contributed by atoms with Crippen molar-refractivity contribution >= 4 is 23.4 Å². The van der Waals surface area contributed by atoms with E-state index < -0.39 is 0 Å². The average Bonchev–Trinajstić information content (AvgIpc) is 2.61. The summed E-state index contributed by atoms with van der Waals surface area (Å²) in [6, 6.07) is 13.9. The van der Waals surface area contributed by atoms with Crippen molar-refractivity contribution in [1.29, 1.82) is 0 Å². The molecule has 1 heterocycles. The largest absolute Gasteiger partial charge is 0.324 e. The van der Waals surface area contributed by atoms with Gasteiger partial charge in [-0.1, -0.05) is 17.7 Å². The fraction of sp³-hybridized carbons (Fsp3) is 0.167. The predicted molar refractivity (Wildman–Crippen MR) is 97.7 cm³/mol. The summed E-state index contributed by atoms with van der Waals surface area (Å²) in [4.78, 5) is 13.3. The quantitative estimate of drug-likeness (QED) is 0.707. The second kappa shape index (κ2) is 7.48. The van der Waals surface area contributed by atoms with E-state index in [-0.39, 0.29) is 11.4 Å². The maximum absolute atomic E-state index is 12.9. The van der Waals surface area contributed by atoms with Crippen molar-refractivity contribution in [3.63, 3.8) is 0 Å². The first kappa shape index (κ1) is 17.2. The summed E-state index contributed by atoms with van der Waals surface area (Å²) in [5, 5.41) is 11.2. The average molecular weight is 356 g/mol. The summed E-state index contributed by atoms with van der Waals surface area (Å²) in [6.45, 7) is 2.01. The summed E-state index contributed by atoms with van der Waals surface area (Å²) in [6.07, 6.45) is 0. The van der Waals surface area contributed by atoms with Gasteiger partial charge in [-0.3, -0.25) is 9.36 Å². The lowest BCUT2D eigenvalue weighted by Gasteiger charge is -2.10. The molecule has 1 aromatic heterocycles. The lowest BCUT2D eigenvalue weighted by Crippen LogP contribution is -2.26. The van der Waals surface area contributed by atoms with Crippen molar-refractivity contribution in [2.45, 2.75) is 17.6 Å². The molecule has 0 saturated carbocycles. The zero-order valence-electron chi connectivity index (χ0n) is 13.9. The molecular weight excluding hydrogens is 339 g/mol. The molecule has 0 saturated heterocycles. The van der Waals surface area contributed by atoms with Crippen LogP contribution in [-0.4, -0.2) is 14.8 Å². The molecule has 0 unspecified atom stereocenters. The molecule has 0 aliphatic carbocycles. The first-order chi connectivity index (χ1) is 12.0. The van der Waals surface area contributed by atoms with Crippen LogP contribution in [0.2, 0.25) is 0 Å². The number of anilines is 2. The van der Waals surface area contributed by atoms with Crippen LogP contribution >= 0.6 is 11.8 Å². The van der Waals surface area contributed by atoms with E-state index in [1.165, 1.54) is 28.5 Å². The Bertz CT molecular complexity index is 923. The minimum absolute atomic E-state index is 0.209. The van der Waals surface area contributed by atoms with Gasteiger partial charge in [0.05, 0.1) is 0 Å². The van der Waals surface area contributed by atoms with E-state index >= 15 is 0 Å². The molecule has 1 N–H and O–H groups in total. The van der Waals surface area contributed by atoms with Crippen molar-refractivity contribution in [2.24, 2.45) is 7.05 Å². The molecule has 128 valence electrons. The molecule has 0 bridgehead atoms. The highest BCUT2D eigenvalue weighted by molar-refractivity contribution is 7.98. The molecule has 0 amide bonds. The van der Waals surface area contributed by atoms with Gasteiger partial charge in [0.25, 0.3) is 5.56 Å². The summed E-state index contributed by atoms with van der Waals surface area (Å²) < 4.78 is 14.4. The number of nitrogens with one attached hydrogen (secondary N) is 1. The Labute approximate surface area is 148 Å². The molecule has 0 aliphatic heterocycles. The molecule has 0 radical (unpaired) electrons. The number of hydrogen-bond acceptors (Lipinski definition) is 5. The van der Waals surface area contributed by atoms with Gasteiger partial charge in [0.2, 0.25) is 5.95 Å². The molecule has 0 spiro atoms. The van der Waals surface area contributed by atoms with E-state index in [0.717, 1.165) is 16.1 Å². The second-order valence-corrected chi connectivity index (χ2v) is 6.62. The van der Waals surface area contributed by atoms with Gasteiger partial charge in [0.1, 0.15) is 11.5 Å². The van der Waals surface area contributed by atoms with E-state index in [0.29, 0.717) is 17.4 Å². The first-order valence-corrected chi connectivity index (χ1v) is 8.66. The van der Waals surface area contributed by atoms with E-state index in [2.05, 4.69) is 15.5 Å². The normalized spacial score (nSPS) is 10.7. The van der Waals surface area contributed by atoms with Crippen LogP contribution in [0.1, 0.15) is 11.3 Å². The minimum atomic E-state index is -0.286. The van der Waals surface area contributed by atoms with Gasteiger partial charge >= 0.3 is 0 Å². The number of aryl methyl sites for hydroxylation is 1. The highest BCUT2D eigenvalue weighted by Crippen LogP contribution is 2.21. The Morgan fingerprint density at radius 1 is 1.08 bits per heavy atom. The molecule has 7 heteroatoms. The van der Waals surface area contributed by atoms with Crippen LogP contribution in [-0.2, 0) is 12.8 Å². The maximum atomic E-state index is 12.9. The Morgan fingerprint density at radius 2 is 1.76 bits per heavy atom. The maximum Gasteiger partial charge on any atom is 0.277 e. The third kappa shape index (κ3) is 4.24. The van der Waals surface area contributed by atoms with Gasteiger partial charge < -0.3 is 5.32 Å². The van der Waals surface area contributed by atoms with Gasteiger partial charge in [-0.25, -0.2) is 4.39 Å². The van der Waals surface area contributed by atoms with Crippen molar-refractivity contribution in [3.05, 3.63) is 76.0 Å². The molecule has 0 atom stereocenters. The van der Waals surface area contributed by atoms with Crippen LogP contribution < -0.4 is 10.9 Å². The smallest absolute Gasteiger partial charge is 0.277 e. The Kier molecular flexibility index (Phi) is 5.14. The van der Waals surface area contributed by atoms with Gasteiger partial charge in [0.15, 0.2) is 0 Å². The van der Waals surface area contributed by atoms with E-state index in [1.807, 2.05) is 31.2 Å². The Balaban J connectivity index is 1.74. The third-order valence-electron chi connectivity index (χ3n) is 3.63. The molecule has 0 aliphatic rings. The molecule has 2 aromatic carbocycles. The van der Waals surface area contributed by atoms with Crippen molar-refractivity contribution < 1.29 is 4.39 Å². The number of thioether (sulfide) groups is 1. The summed E-state index contributed by atoms with van der Waals surface area (Å²) in [5.74, 6) is 0.465. The van der Waals surface area contributed by atoms with E-state index in [1.54, 1.807) is 19.2 Å². The summed E-state index contributed by atoms with van der Waals surface area (Å²) in [7, 11) is 1.65. The number of aromatic nitrogens is 3. The van der Waals surface area contributed by atoms with Gasteiger partial charge in [0, 0.05) is 23.4 Å². The summed E-state index contributed by atoms with van der Waals surface area (Å²) >= 11 is 1.41. The van der Waals surface area contributed by atoms with Crippen LogP contribution in [0.15, 0.2) is 58.2 Å². The molecule has 5 nitrogen and oxygen atoms in total. The molecule has 3 aromatic rings. The van der Waals surface area contributed by atoms with Crippen molar-refractivity contribution in [2.75, 3.05) is 5.32 Å². The van der Waals surface area contributed by atoms with Crippen LogP contribution in [0.3, 0.4) is 0 Å². The van der Waals surface area contributed by atoms with E-state index in [9.17, 15) is 9.18 Å². The number of halogens is 1. The van der Waals surface area contributed by atoms with Gasteiger partial charge in [-0.2, -0.15) is 0 Å². The lowest BCUT2D eigenvalue weighted by atomic mass is 10.2. The van der Waals surface area contributed by atoms with Crippen LogP contribution in [0.4, 0.5) is 16.0 Å². The first-order valence-electron chi connectivity index (χ1n) is 7.67. The number of benzene rings is 2. The van der Waals surface area contributed by atoms with Gasteiger partial charge in [-0.05, 0) is 43.3 Å². The topological polar surface area (TPSA) is 59.8 Å². The molecule has 25 heavy (non-hydrogen) atoms. The van der Waals surface area contributed by atoms with E-state index in [4.69, 9.17) is 0 Å². The monoisotopic (exact) mass is 356 g/mol. The Morgan fingerprint density at radius 3 is 2.44 bits per heavy atom. The lowest BCUT2D eigenvalue weighted by molar-refractivity contribution is 0.626. The fourth-order valence-electron chi connectivity index (χ4n) is 2.16. The highest BCUT2D eigenvalue weighted by atomic mass is 32.2. The van der Waals surface area contributed by atoms with Gasteiger partial charge in [-0.15, -0.1) is 22.0 Å².